The Kier molecular flexibility index (Phi) is 10.3. The summed E-state index contributed by atoms with van der Waals surface area (Å²) in [5.41, 5.74) is 1.17. The summed E-state index contributed by atoms with van der Waals surface area (Å²) in [5.74, 6) is 1.26. The average Bonchev–Trinajstić information content (AvgIpc) is 2.90. The zero-order valence-corrected chi connectivity index (χ0v) is 20.8. The maximum absolute atomic E-state index is 12.2. The molecule has 3 aromatic rings. The van der Waals surface area contributed by atoms with E-state index in [1.807, 2.05) is 19.1 Å². The Morgan fingerprint density at radius 1 is 0.730 bits per heavy atom. The maximum atomic E-state index is 12.2. The van der Waals surface area contributed by atoms with Crippen molar-refractivity contribution in [3.05, 3.63) is 72.8 Å². The van der Waals surface area contributed by atoms with E-state index in [0.29, 0.717) is 47.4 Å². The number of benzene rings is 3. The fourth-order valence-corrected chi connectivity index (χ4v) is 3.27. The normalized spacial score (nSPS) is 10.2. The number of nitrogens with one attached hydrogen (secondary N) is 2. The van der Waals surface area contributed by atoms with Crippen molar-refractivity contribution in [2.24, 2.45) is 0 Å². The van der Waals surface area contributed by atoms with Crippen LogP contribution in [0.1, 0.15) is 26.2 Å². The monoisotopic (exact) mass is 506 g/mol. The van der Waals surface area contributed by atoms with Gasteiger partial charge < -0.3 is 29.6 Å². The van der Waals surface area contributed by atoms with Crippen LogP contribution in [0.25, 0.3) is 0 Å². The average molecular weight is 507 g/mol. The van der Waals surface area contributed by atoms with E-state index in [0.717, 1.165) is 0 Å². The number of esters is 1. The number of carbonyl (C=O) groups excluding carboxylic acids is 3. The van der Waals surface area contributed by atoms with E-state index in [4.69, 9.17) is 18.9 Å². The number of rotatable bonds is 13. The van der Waals surface area contributed by atoms with Crippen molar-refractivity contribution in [2.45, 2.75) is 26.2 Å². The van der Waals surface area contributed by atoms with Crippen LogP contribution in [0.2, 0.25) is 0 Å². The lowest BCUT2D eigenvalue weighted by Crippen LogP contribution is -2.21. The lowest BCUT2D eigenvalue weighted by molar-refractivity contribution is -0.147. The van der Waals surface area contributed by atoms with E-state index >= 15 is 0 Å². The van der Waals surface area contributed by atoms with Gasteiger partial charge in [0.15, 0.2) is 18.1 Å². The van der Waals surface area contributed by atoms with Crippen LogP contribution in [0.15, 0.2) is 72.8 Å². The highest BCUT2D eigenvalue weighted by atomic mass is 16.5. The molecule has 2 N–H and O–H groups in total. The van der Waals surface area contributed by atoms with E-state index < -0.39 is 18.5 Å². The van der Waals surface area contributed by atoms with Gasteiger partial charge in [0, 0.05) is 24.2 Å². The highest BCUT2D eigenvalue weighted by Gasteiger charge is 2.10. The lowest BCUT2D eigenvalue weighted by atomic mass is 10.2. The molecular formula is C28H30N2O7. The Balaban J connectivity index is 1.33. The number of para-hydroxylation sites is 2. The largest absolute Gasteiger partial charge is 0.494 e. The molecule has 0 radical (unpaired) electrons. The third-order valence-electron chi connectivity index (χ3n) is 5.03. The first kappa shape index (κ1) is 27.1. The van der Waals surface area contributed by atoms with Crippen LogP contribution >= 0.6 is 0 Å². The topological polar surface area (TPSA) is 112 Å². The molecule has 9 nitrogen and oxygen atoms in total. The number of methoxy groups -OCH3 is 1. The summed E-state index contributed by atoms with van der Waals surface area (Å²) >= 11 is 0. The molecule has 0 saturated heterocycles. The first-order chi connectivity index (χ1) is 18.0. The van der Waals surface area contributed by atoms with Crippen LogP contribution in [0, 0.1) is 0 Å². The number of anilines is 2. The van der Waals surface area contributed by atoms with Gasteiger partial charge in [-0.3, -0.25) is 14.4 Å². The van der Waals surface area contributed by atoms with E-state index in [9.17, 15) is 14.4 Å². The quantitative estimate of drug-likeness (QED) is 0.307. The Bertz CT molecular complexity index is 1180. The summed E-state index contributed by atoms with van der Waals surface area (Å²) in [4.78, 5) is 36.1. The van der Waals surface area contributed by atoms with Crippen LogP contribution < -0.4 is 24.8 Å². The van der Waals surface area contributed by atoms with Crippen molar-refractivity contribution in [3.63, 3.8) is 0 Å². The van der Waals surface area contributed by atoms with Crippen LogP contribution in [-0.4, -0.2) is 38.1 Å². The molecule has 0 unspecified atom stereocenters. The van der Waals surface area contributed by atoms with Gasteiger partial charge in [-0.25, -0.2) is 0 Å². The number of hydrogen-bond donors (Lipinski definition) is 2. The van der Waals surface area contributed by atoms with Gasteiger partial charge in [0.25, 0.3) is 5.91 Å². The Labute approximate surface area is 215 Å². The minimum atomic E-state index is -0.549. The Morgan fingerprint density at radius 3 is 1.95 bits per heavy atom. The molecule has 2 amide bonds. The summed E-state index contributed by atoms with van der Waals surface area (Å²) in [6, 6.07) is 21.1. The molecule has 0 fully saturated rings. The van der Waals surface area contributed by atoms with E-state index in [-0.39, 0.29) is 18.7 Å². The van der Waals surface area contributed by atoms with Gasteiger partial charge in [-0.15, -0.1) is 0 Å². The Hall–Kier alpha value is -4.53. The van der Waals surface area contributed by atoms with Gasteiger partial charge in [0.05, 0.1) is 13.7 Å². The molecule has 9 heteroatoms. The Morgan fingerprint density at radius 2 is 1.32 bits per heavy atom. The molecule has 0 atom stereocenters. The summed E-state index contributed by atoms with van der Waals surface area (Å²) < 4.78 is 21.4. The minimum absolute atomic E-state index is 0.0233. The molecule has 194 valence electrons. The molecule has 3 aromatic carbocycles. The molecule has 0 aliphatic rings. The predicted octanol–water partition coefficient (Wildman–Crippen LogP) is 5.18. The molecule has 3 rings (SSSR count). The molecule has 0 bridgehead atoms. The first-order valence-electron chi connectivity index (χ1n) is 11.9. The lowest BCUT2D eigenvalue weighted by Gasteiger charge is -2.11. The second kappa shape index (κ2) is 14.1. The van der Waals surface area contributed by atoms with Gasteiger partial charge in [-0.05, 0) is 74.0 Å². The SMILES string of the molecule is CCOc1ccc(NC(=O)COC(=O)CCCC(=O)Nc2ccc(Oc3ccccc3OC)cc2)cc1. The summed E-state index contributed by atoms with van der Waals surface area (Å²) in [5, 5.41) is 5.41. The molecule has 0 aliphatic heterocycles. The van der Waals surface area contributed by atoms with Crippen molar-refractivity contribution in [2.75, 3.05) is 31.0 Å². The van der Waals surface area contributed by atoms with Gasteiger partial charge in [-0.2, -0.15) is 0 Å². The van der Waals surface area contributed by atoms with Crippen molar-refractivity contribution in [1.29, 1.82) is 0 Å². The summed E-state index contributed by atoms with van der Waals surface area (Å²) in [6.07, 6.45) is 0.447. The fraction of sp³-hybridized carbons (Fsp3) is 0.250. The summed E-state index contributed by atoms with van der Waals surface area (Å²) in [6.45, 7) is 2.04. The van der Waals surface area contributed by atoms with Crippen LogP contribution in [0.4, 0.5) is 11.4 Å². The summed E-state index contributed by atoms with van der Waals surface area (Å²) in [7, 11) is 1.57. The van der Waals surface area contributed by atoms with Crippen LogP contribution in [-0.2, 0) is 19.1 Å². The molecule has 0 aromatic heterocycles. The standard InChI is InChI=1S/C28H30N2O7/c1-3-35-22-15-11-21(12-16-22)30-27(32)19-36-28(33)10-6-9-26(31)29-20-13-17-23(18-14-20)37-25-8-5-4-7-24(25)34-2/h4-5,7-8,11-18H,3,6,9-10,19H2,1-2H3,(H,29,31)(H,30,32). The maximum Gasteiger partial charge on any atom is 0.306 e. The predicted molar refractivity (Wildman–Crippen MR) is 139 cm³/mol. The molecule has 0 saturated carbocycles. The molecule has 0 heterocycles. The van der Waals surface area contributed by atoms with Crippen LogP contribution in [0.5, 0.6) is 23.0 Å². The van der Waals surface area contributed by atoms with Crippen molar-refractivity contribution < 1.29 is 33.3 Å². The highest BCUT2D eigenvalue weighted by molar-refractivity contribution is 5.93. The number of carbonyl (C=O) groups is 3. The third kappa shape index (κ3) is 9.21. The number of ether oxygens (including phenoxy) is 4. The zero-order valence-electron chi connectivity index (χ0n) is 20.8. The first-order valence-corrected chi connectivity index (χ1v) is 11.9. The van der Waals surface area contributed by atoms with Gasteiger partial charge in [0.2, 0.25) is 5.91 Å². The smallest absolute Gasteiger partial charge is 0.306 e. The van der Waals surface area contributed by atoms with Gasteiger partial charge in [-0.1, -0.05) is 12.1 Å². The number of hydrogen-bond acceptors (Lipinski definition) is 7. The van der Waals surface area contributed by atoms with Crippen molar-refractivity contribution >= 4 is 29.2 Å². The molecule has 37 heavy (non-hydrogen) atoms. The zero-order chi connectivity index (χ0) is 26.5. The fourth-order valence-electron chi connectivity index (χ4n) is 3.27. The molecule has 0 spiro atoms. The second-order valence-electron chi connectivity index (χ2n) is 7.85. The highest BCUT2D eigenvalue weighted by Crippen LogP contribution is 2.31. The van der Waals surface area contributed by atoms with Gasteiger partial charge >= 0.3 is 5.97 Å². The van der Waals surface area contributed by atoms with E-state index in [2.05, 4.69) is 10.6 Å². The number of amides is 2. The van der Waals surface area contributed by atoms with Crippen molar-refractivity contribution in [3.8, 4) is 23.0 Å². The van der Waals surface area contributed by atoms with Gasteiger partial charge in [0.1, 0.15) is 11.5 Å². The van der Waals surface area contributed by atoms with E-state index in [1.54, 1.807) is 67.8 Å². The molecule has 0 aliphatic carbocycles. The third-order valence-corrected chi connectivity index (χ3v) is 5.03. The van der Waals surface area contributed by atoms with Crippen molar-refractivity contribution in [1.82, 2.24) is 0 Å². The minimum Gasteiger partial charge on any atom is -0.494 e. The van der Waals surface area contributed by atoms with E-state index in [1.165, 1.54) is 0 Å². The second-order valence-corrected chi connectivity index (χ2v) is 7.85. The molecular weight excluding hydrogens is 476 g/mol. The van der Waals surface area contributed by atoms with Crippen LogP contribution in [0.3, 0.4) is 0 Å².